The second-order valence-electron chi connectivity index (χ2n) is 2.20. The quantitative estimate of drug-likeness (QED) is 0.362. The number of aliphatic imine (C=N–C) groups is 1. The second-order valence-corrected chi connectivity index (χ2v) is 2.20. The van der Waals surface area contributed by atoms with Crippen LogP contribution >= 0.6 is 0 Å². The number of rotatable bonds is 4. The number of nitrogens with one attached hydrogen (secondary N) is 2. The highest BCUT2D eigenvalue weighted by atomic mass is 15.2. The van der Waals surface area contributed by atoms with Gasteiger partial charge >= 0.3 is 0 Å². The zero-order valence-electron chi connectivity index (χ0n) is 7.35. The van der Waals surface area contributed by atoms with E-state index in [9.17, 15) is 0 Å². The topological polar surface area (TPSA) is 36.4 Å². The minimum atomic E-state index is 0.786. The van der Waals surface area contributed by atoms with Gasteiger partial charge in [-0.3, -0.25) is 4.99 Å². The molecule has 2 N–H and O–H groups in total. The minimum absolute atomic E-state index is 0.786. The fraction of sp³-hybridized carbons (Fsp3) is 0.625. The zero-order valence-corrected chi connectivity index (χ0v) is 7.35. The molecule has 0 aliphatic carbocycles. The van der Waals surface area contributed by atoms with Crippen molar-refractivity contribution in [2.75, 3.05) is 13.6 Å². The lowest BCUT2D eigenvalue weighted by molar-refractivity contribution is 0.744. The molecule has 0 spiro atoms. The largest absolute Gasteiger partial charge is 0.356 e. The molecule has 0 aliphatic rings. The number of hydrogen-bond acceptors (Lipinski definition) is 1. The van der Waals surface area contributed by atoms with Crippen molar-refractivity contribution < 1.29 is 0 Å². The van der Waals surface area contributed by atoms with Gasteiger partial charge in [-0.05, 0) is 12.6 Å². The Labute approximate surface area is 68.6 Å². The standard InChI is InChI=1S/C8H17N3/c1-4-6-7-11-8(9-3)10-5-2/h5H,2,4,6-7H2,1,3H3,(H2,9,10,11). The first kappa shape index (κ1) is 10.0. The van der Waals surface area contributed by atoms with Gasteiger partial charge in [-0.15, -0.1) is 0 Å². The van der Waals surface area contributed by atoms with E-state index in [4.69, 9.17) is 0 Å². The van der Waals surface area contributed by atoms with Gasteiger partial charge in [0, 0.05) is 13.6 Å². The van der Waals surface area contributed by atoms with E-state index >= 15 is 0 Å². The van der Waals surface area contributed by atoms with E-state index in [-0.39, 0.29) is 0 Å². The summed E-state index contributed by atoms with van der Waals surface area (Å²) in [5.74, 6) is 0.786. The molecule has 0 radical (unpaired) electrons. The van der Waals surface area contributed by atoms with Crippen molar-refractivity contribution in [2.24, 2.45) is 4.99 Å². The molecule has 0 fully saturated rings. The van der Waals surface area contributed by atoms with Crippen molar-refractivity contribution in [1.82, 2.24) is 10.6 Å². The highest BCUT2D eigenvalue weighted by Gasteiger charge is 1.90. The predicted molar refractivity (Wildman–Crippen MR) is 49.6 cm³/mol. The molecule has 0 aromatic heterocycles. The Bertz CT molecular complexity index is 129. The first-order chi connectivity index (χ1) is 5.35. The molecule has 11 heavy (non-hydrogen) atoms. The van der Waals surface area contributed by atoms with Gasteiger partial charge in [-0.25, -0.2) is 0 Å². The first-order valence-electron chi connectivity index (χ1n) is 3.93. The van der Waals surface area contributed by atoms with Crippen LogP contribution in [0.3, 0.4) is 0 Å². The summed E-state index contributed by atoms with van der Waals surface area (Å²) in [6.07, 6.45) is 3.97. The SMILES string of the molecule is C=CNC(=NC)NCCCC. The molecule has 0 aromatic carbocycles. The third-order valence-corrected chi connectivity index (χ3v) is 1.29. The second kappa shape index (κ2) is 7.12. The molecule has 0 saturated carbocycles. The normalized spacial score (nSPS) is 10.9. The molecule has 0 aromatic rings. The van der Waals surface area contributed by atoms with Crippen LogP contribution in [-0.4, -0.2) is 19.6 Å². The van der Waals surface area contributed by atoms with Crippen LogP contribution in [-0.2, 0) is 0 Å². The highest BCUT2D eigenvalue weighted by molar-refractivity contribution is 5.80. The van der Waals surface area contributed by atoms with Crippen molar-refractivity contribution in [2.45, 2.75) is 19.8 Å². The summed E-state index contributed by atoms with van der Waals surface area (Å²) in [5.41, 5.74) is 0. The third kappa shape index (κ3) is 5.45. The molecule has 0 atom stereocenters. The van der Waals surface area contributed by atoms with Crippen LogP contribution in [0.1, 0.15) is 19.8 Å². The number of unbranched alkanes of at least 4 members (excludes halogenated alkanes) is 1. The van der Waals surface area contributed by atoms with Crippen LogP contribution in [0.4, 0.5) is 0 Å². The van der Waals surface area contributed by atoms with Crippen LogP contribution in [0, 0.1) is 0 Å². The molecule has 0 bridgehead atoms. The average Bonchev–Trinajstić information content (AvgIpc) is 2.03. The van der Waals surface area contributed by atoms with Gasteiger partial charge in [0.2, 0.25) is 0 Å². The molecule has 3 nitrogen and oxygen atoms in total. The van der Waals surface area contributed by atoms with Crippen LogP contribution in [0.15, 0.2) is 17.8 Å². The molecular weight excluding hydrogens is 138 g/mol. The lowest BCUT2D eigenvalue weighted by atomic mass is 10.3. The zero-order chi connectivity index (χ0) is 8.53. The van der Waals surface area contributed by atoms with E-state index in [1.54, 1.807) is 13.2 Å². The Morgan fingerprint density at radius 1 is 1.64 bits per heavy atom. The van der Waals surface area contributed by atoms with Crippen molar-refractivity contribution in [3.05, 3.63) is 12.8 Å². The van der Waals surface area contributed by atoms with Crippen LogP contribution in [0.25, 0.3) is 0 Å². The van der Waals surface area contributed by atoms with Gasteiger partial charge in [0.15, 0.2) is 5.96 Å². The van der Waals surface area contributed by atoms with Crippen molar-refractivity contribution in [3.8, 4) is 0 Å². The fourth-order valence-corrected chi connectivity index (χ4v) is 0.675. The average molecular weight is 155 g/mol. The summed E-state index contributed by atoms with van der Waals surface area (Å²) in [5, 5.41) is 6.03. The van der Waals surface area contributed by atoms with Crippen molar-refractivity contribution in [3.63, 3.8) is 0 Å². The van der Waals surface area contributed by atoms with E-state index in [0.717, 1.165) is 18.9 Å². The highest BCUT2D eigenvalue weighted by Crippen LogP contribution is 1.81. The third-order valence-electron chi connectivity index (χ3n) is 1.29. The fourth-order valence-electron chi connectivity index (χ4n) is 0.675. The molecule has 0 rings (SSSR count). The number of nitrogens with zero attached hydrogens (tertiary/aromatic N) is 1. The van der Waals surface area contributed by atoms with Crippen molar-refractivity contribution >= 4 is 5.96 Å². The summed E-state index contributed by atoms with van der Waals surface area (Å²) in [6.45, 7) is 6.67. The Morgan fingerprint density at radius 3 is 2.82 bits per heavy atom. The predicted octanol–water partition coefficient (Wildman–Crippen LogP) is 1.09. The molecule has 0 heterocycles. The Balaban J connectivity index is 3.45. The van der Waals surface area contributed by atoms with Gasteiger partial charge in [-0.2, -0.15) is 0 Å². The van der Waals surface area contributed by atoms with E-state index in [0.29, 0.717) is 0 Å². The lowest BCUT2D eigenvalue weighted by Crippen LogP contribution is -2.34. The van der Waals surface area contributed by atoms with Gasteiger partial charge < -0.3 is 10.6 Å². The molecule has 0 saturated heterocycles. The summed E-state index contributed by atoms with van der Waals surface area (Å²) < 4.78 is 0. The summed E-state index contributed by atoms with van der Waals surface area (Å²) in [7, 11) is 1.74. The van der Waals surface area contributed by atoms with Gasteiger partial charge in [0.25, 0.3) is 0 Å². The summed E-state index contributed by atoms with van der Waals surface area (Å²) in [6, 6.07) is 0. The van der Waals surface area contributed by atoms with Crippen LogP contribution in [0.2, 0.25) is 0 Å². The minimum Gasteiger partial charge on any atom is -0.356 e. The van der Waals surface area contributed by atoms with Crippen molar-refractivity contribution in [1.29, 1.82) is 0 Å². The molecule has 0 aliphatic heterocycles. The number of hydrogen-bond donors (Lipinski definition) is 2. The summed E-state index contributed by atoms with van der Waals surface area (Å²) in [4.78, 5) is 3.97. The van der Waals surface area contributed by atoms with E-state index in [2.05, 4.69) is 29.1 Å². The summed E-state index contributed by atoms with van der Waals surface area (Å²) >= 11 is 0. The molecule has 3 heteroatoms. The Hall–Kier alpha value is -0.990. The molecular formula is C8H17N3. The maximum atomic E-state index is 3.97. The lowest BCUT2D eigenvalue weighted by Gasteiger charge is -2.06. The maximum Gasteiger partial charge on any atom is 0.195 e. The van der Waals surface area contributed by atoms with E-state index in [1.165, 1.54) is 6.42 Å². The Kier molecular flexibility index (Phi) is 6.48. The van der Waals surface area contributed by atoms with Gasteiger partial charge in [0.05, 0.1) is 0 Å². The van der Waals surface area contributed by atoms with Gasteiger partial charge in [-0.1, -0.05) is 19.9 Å². The molecule has 0 amide bonds. The monoisotopic (exact) mass is 155 g/mol. The Morgan fingerprint density at radius 2 is 2.36 bits per heavy atom. The van der Waals surface area contributed by atoms with E-state index < -0.39 is 0 Å². The molecule has 64 valence electrons. The first-order valence-corrected chi connectivity index (χ1v) is 3.93. The van der Waals surface area contributed by atoms with Crippen LogP contribution in [0.5, 0.6) is 0 Å². The van der Waals surface area contributed by atoms with E-state index in [1.807, 2.05) is 0 Å². The van der Waals surface area contributed by atoms with Crippen LogP contribution < -0.4 is 10.6 Å². The number of guanidine groups is 1. The smallest absolute Gasteiger partial charge is 0.195 e. The maximum absolute atomic E-state index is 3.97. The molecule has 0 unspecified atom stereocenters. The van der Waals surface area contributed by atoms with Gasteiger partial charge in [0.1, 0.15) is 0 Å².